The van der Waals surface area contributed by atoms with Gasteiger partial charge in [-0.25, -0.2) is 0 Å². The number of esters is 4. The van der Waals surface area contributed by atoms with Crippen molar-refractivity contribution >= 4 is 29.7 Å². The number of allylic oxidation sites excluding steroid dienone is 26. The average molecular weight is 1640 g/mol. The van der Waals surface area contributed by atoms with E-state index in [4.69, 9.17) is 33.2 Å². The Balaban J connectivity index is -0.000000240. The first-order chi connectivity index (χ1) is 55.3. The molecule has 118 heavy (non-hydrogen) atoms. The topological polar surface area (TPSA) is 150 Å². The summed E-state index contributed by atoms with van der Waals surface area (Å²) >= 11 is 0. The molecule has 0 amide bonds. The third kappa shape index (κ3) is 117. The largest absolute Gasteiger partial charge is 0.462 e. The zero-order valence-corrected chi connectivity index (χ0v) is 82.1. The van der Waals surface area contributed by atoms with Crippen molar-refractivity contribution < 1.29 is 57.1 Å². The number of Topliss-reactive ketones (excluding diaryl/α,β-unsaturated/α-hetero) is 1. The third-order valence-electron chi connectivity index (χ3n) is 16.4. The predicted molar refractivity (Wildman–Crippen MR) is 513 cm³/mol. The van der Waals surface area contributed by atoms with Crippen LogP contribution in [0.2, 0.25) is 0 Å². The number of benzene rings is 1. The molecule has 0 aromatic heterocycles. The highest BCUT2D eigenvalue weighted by Gasteiger charge is 2.06. The predicted octanol–water partition coefficient (Wildman–Crippen LogP) is 30.8. The molecule has 12 heteroatoms. The summed E-state index contributed by atoms with van der Waals surface area (Å²) in [5.41, 5.74) is 22.6. The molecular formula is C106H178O12. The molecule has 674 valence electrons. The van der Waals surface area contributed by atoms with Gasteiger partial charge in [0.05, 0.1) is 12.5 Å². The summed E-state index contributed by atoms with van der Waals surface area (Å²) in [6.45, 7) is 72.9. The standard InChI is InChI=1S/C18H24O2.C14H26O2.C13H22O.C13H24O.3C12H20O2.C12H22/c1-15(2)8-7-9-16(3)12-13-20-18(19)14-17-10-5-4-6-11-17;1-6-15-14(16-7-2)11-13(5)10-8-9-12(3)4;1-11(2)7-5-8-12(3)9-6-10-13(4)14;1-6-14-13(5)10-12(4)9-7-8-11(2)3;3*1-10(2)6-5-7-11(3)8-9-14-12(4)13;1-10(2)7-6-8-12(5)9-11(3)4/h4-6,8,10-12H,7,9,13-14H2,1-3H3;9,11,14H,6-8,10H2,1-5H3;7,9H,5-6,8,10H2,1-4H3;8,10,13H,6-7,9H2,1-5H3;3*6,8H,5,7,9H2,1-4H3;7,9,11H,6,8H2,1-5H3/b16-12+;13-11+;12-9+;12-10+;2*11-8+;11-8-;12-9-. The van der Waals surface area contributed by atoms with Gasteiger partial charge in [-0.15, -0.1) is 0 Å². The molecule has 0 saturated heterocycles. The first-order valence-electron chi connectivity index (χ1n) is 43.6. The highest BCUT2D eigenvalue weighted by Crippen LogP contribution is 2.16. The van der Waals surface area contributed by atoms with Gasteiger partial charge in [0.2, 0.25) is 0 Å². The molecule has 12 nitrogen and oxygen atoms in total. The molecule has 1 aromatic carbocycles. The van der Waals surface area contributed by atoms with Gasteiger partial charge in [-0.3, -0.25) is 19.2 Å². The van der Waals surface area contributed by atoms with Crippen molar-refractivity contribution in [1.29, 1.82) is 0 Å². The van der Waals surface area contributed by atoms with Crippen LogP contribution in [0.25, 0.3) is 0 Å². The Kier molecular flexibility index (Phi) is 91.5. The van der Waals surface area contributed by atoms with Crippen LogP contribution in [0.15, 0.2) is 217 Å². The lowest BCUT2D eigenvalue weighted by Gasteiger charge is -2.14. The summed E-state index contributed by atoms with van der Waals surface area (Å²) in [4.78, 5) is 53.7. The molecule has 1 rings (SSSR count). The van der Waals surface area contributed by atoms with Gasteiger partial charge in [-0.05, 0) is 352 Å². The normalized spacial score (nSPS) is 11.6. The van der Waals surface area contributed by atoms with E-state index in [1.807, 2.05) is 75.4 Å². The minimum atomic E-state index is -0.224. The second-order valence-corrected chi connectivity index (χ2v) is 32.5. The molecular weight excluding hydrogens is 1470 g/mol. The maximum absolute atomic E-state index is 11.6. The molecule has 0 aliphatic heterocycles. The van der Waals surface area contributed by atoms with Crippen molar-refractivity contribution in [2.24, 2.45) is 5.92 Å². The van der Waals surface area contributed by atoms with Crippen molar-refractivity contribution in [3.05, 3.63) is 222 Å². The van der Waals surface area contributed by atoms with Crippen molar-refractivity contribution in [3.63, 3.8) is 0 Å². The molecule has 0 heterocycles. The van der Waals surface area contributed by atoms with Gasteiger partial charge in [-0.1, -0.05) is 200 Å². The molecule has 0 saturated carbocycles. The van der Waals surface area contributed by atoms with E-state index >= 15 is 0 Å². The smallest absolute Gasteiger partial charge is 0.310 e. The van der Waals surface area contributed by atoms with Crippen LogP contribution in [0.1, 0.15) is 357 Å². The number of ketones is 1. The Morgan fingerprint density at radius 1 is 0.280 bits per heavy atom. The molecule has 1 atom stereocenters. The van der Waals surface area contributed by atoms with E-state index in [1.54, 1.807) is 6.92 Å². The molecule has 1 unspecified atom stereocenters. The summed E-state index contributed by atoms with van der Waals surface area (Å²) in [5.74, 6) is 0.120. The zero-order valence-electron chi connectivity index (χ0n) is 82.1. The van der Waals surface area contributed by atoms with Crippen LogP contribution in [-0.2, 0) is 63.6 Å². The summed E-state index contributed by atoms with van der Waals surface area (Å²) in [6, 6.07) is 9.66. The van der Waals surface area contributed by atoms with E-state index in [-0.39, 0.29) is 42.1 Å². The second kappa shape index (κ2) is 87.3. The Bertz CT molecular complexity index is 3060. The van der Waals surface area contributed by atoms with Crippen LogP contribution < -0.4 is 0 Å². The Hall–Kier alpha value is -7.51. The molecule has 0 fully saturated rings. The molecule has 0 N–H and O–H groups in total. The number of rotatable bonds is 46. The maximum atomic E-state index is 11.6. The third-order valence-corrected chi connectivity index (χ3v) is 16.4. The van der Waals surface area contributed by atoms with Crippen molar-refractivity contribution in [3.8, 4) is 0 Å². The fourth-order valence-electron chi connectivity index (χ4n) is 9.97. The van der Waals surface area contributed by atoms with Crippen molar-refractivity contribution in [2.45, 2.75) is 370 Å². The highest BCUT2D eigenvalue weighted by atomic mass is 16.7. The molecule has 0 spiro atoms. The van der Waals surface area contributed by atoms with Gasteiger partial charge >= 0.3 is 23.9 Å². The summed E-state index contributed by atoms with van der Waals surface area (Å²) in [6.07, 6.45) is 54.0. The van der Waals surface area contributed by atoms with Gasteiger partial charge in [0.1, 0.15) is 32.2 Å². The number of hydrogen-bond donors (Lipinski definition) is 0. The van der Waals surface area contributed by atoms with E-state index in [2.05, 4.69) is 260 Å². The van der Waals surface area contributed by atoms with Crippen molar-refractivity contribution in [2.75, 3.05) is 46.2 Å². The van der Waals surface area contributed by atoms with Crippen LogP contribution >= 0.6 is 0 Å². The monoisotopic (exact) mass is 1640 g/mol. The molecule has 0 bridgehead atoms. The first-order valence-corrected chi connectivity index (χ1v) is 43.6. The van der Waals surface area contributed by atoms with Crippen LogP contribution in [0, 0.1) is 5.92 Å². The summed E-state index contributed by atoms with van der Waals surface area (Å²) in [5, 5.41) is 0. The zero-order chi connectivity index (χ0) is 91.6. The second-order valence-electron chi connectivity index (χ2n) is 32.5. The molecule has 0 aliphatic carbocycles. The van der Waals surface area contributed by atoms with Crippen LogP contribution in [0.4, 0.5) is 0 Å². The lowest BCUT2D eigenvalue weighted by atomic mass is 10.1. The van der Waals surface area contributed by atoms with Crippen molar-refractivity contribution in [1.82, 2.24) is 0 Å². The Labute approximate surface area is 727 Å². The highest BCUT2D eigenvalue weighted by molar-refractivity contribution is 5.75. The van der Waals surface area contributed by atoms with Gasteiger partial charge in [0, 0.05) is 47.0 Å². The van der Waals surface area contributed by atoms with Gasteiger partial charge in [-0.2, -0.15) is 0 Å². The molecule has 0 radical (unpaired) electrons. The van der Waals surface area contributed by atoms with Gasteiger partial charge in [0.15, 0.2) is 6.29 Å². The number of carbonyl (C=O) groups is 5. The van der Waals surface area contributed by atoms with Crippen LogP contribution in [-0.4, -0.2) is 88.3 Å². The maximum Gasteiger partial charge on any atom is 0.310 e. The van der Waals surface area contributed by atoms with Gasteiger partial charge < -0.3 is 38.0 Å². The minimum absolute atomic E-state index is 0.176. The molecule has 1 aromatic rings. The number of carbonyl (C=O) groups excluding carboxylic acids is 5. The van der Waals surface area contributed by atoms with E-state index in [9.17, 15) is 24.0 Å². The van der Waals surface area contributed by atoms with Crippen LogP contribution in [0.3, 0.4) is 0 Å². The number of hydrogen-bond acceptors (Lipinski definition) is 12. The fourth-order valence-corrected chi connectivity index (χ4v) is 9.97. The van der Waals surface area contributed by atoms with E-state index in [0.29, 0.717) is 58.4 Å². The average Bonchev–Trinajstić information content (AvgIpc) is 0.935. The Morgan fingerprint density at radius 3 is 0.780 bits per heavy atom. The first kappa shape index (κ1) is 124. The SMILES string of the molecule is CC(=O)CC/C=C(\C)CCC=C(C)C.CC(=O)OC/C=C(/C)CCC=C(C)C.CC(=O)OC/C=C(\C)CCC=C(C)C.CC(=O)OC/C=C(\C)CCC=C(C)C.CC(C)=CCC/C(C)=C/COC(=O)Cc1ccccc1.CC(C)=CCC/C(C)=C\C(C)C.CCOC(/C=C(\C)CCC=C(C)C)OCC.CCOC(C)/C=C(\C)CCC=C(C)C. The lowest BCUT2D eigenvalue weighted by Crippen LogP contribution is -2.14. The Morgan fingerprint density at radius 2 is 0.525 bits per heavy atom. The van der Waals surface area contributed by atoms with E-state index < -0.39 is 0 Å². The lowest BCUT2D eigenvalue weighted by molar-refractivity contribution is -0.142. The van der Waals surface area contributed by atoms with Crippen LogP contribution in [0.5, 0.6) is 0 Å². The number of ether oxygens (including phenoxy) is 7. The summed E-state index contributed by atoms with van der Waals surface area (Å²) < 4.78 is 36.0. The molecule has 0 aliphatic rings. The fraction of sp³-hybridized carbons (Fsp3) is 0.594. The quantitative estimate of drug-likeness (QED) is 0.0265. The summed E-state index contributed by atoms with van der Waals surface area (Å²) in [7, 11) is 0. The van der Waals surface area contributed by atoms with E-state index in [1.165, 1.54) is 123 Å². The van der Waals surface area contributed by atoms with E-state index in [0.717, 1.165) is 108 Å². The minimum Gasteiger partial charge on any atom is -0.462 e. The van der Waals surface area contributed by atoms with Gasteiger partial charge in [0.25, 0.3) is 0 Å².